The van der Waals surface area contributed by atoms with Crippen molar-refractivity contribution in [2.24, 2.45) is 10.9 Å². The van der Waals surface area contributed by atoms with Crippen LogP contribution < -0.4 is 0 Å². The zero-order valence-corrected chi connectivity index (χ0v) is 16.7. The van der Waals surface area contributed by atoms with Crippen molar-refractivity contribution in [3.8, 4) is 10.4 Å². The Bertz CT molecular complexity index is 1050. The van der Waals surface area contributed by atoms with E-state index in [4.69, 9.17) is 4.74 Å². The lowest BCUT2D eigenvalue weighted by atomic mass is 9.97. The number of rotatable bonds is 4. The second kappa shape index (κ2) is 7.15. The molecular weight excluding hydrogens is 368 g/mol. The van der Waals surface area contributed by atoms with E-state index in [9.17, 15) is 4.79 Å². The Morgan fingerprint density at radius 1 is 1.29 bits per heavy atom. The van der Waals surface area contributed by atoms with E-state index in [-0.39, 0.29) is 5.91 Å². The number of ether oxygens (including phenoxy) is 1. The summed E-state index contributed by atoms with van der Waals surface area (Å²) in [4.78, 5) is 20.8. The molecule has 2 aliphatic heterocycles. The highest BCUT2D eigenvalue weighted by atomic mass is 32.1. The smallest absolute Gasteiger partial charge is 0.253 e. The minimum atomic E-state index is 0.115. The Morgan fingerprint density at radius 3 is 3.04 bits per heavy atom. The normalized spacial score (nSPS) is 18.2. The molecule has 0 N–H and O–H groups in total. The molecule has 1 unspecified atom stereocenters. The van der Waals surface area contributed by atoms with Crippen LogP contribution in [0.3, 0.4) is 0 Å². The van der Waals surface area contributed by atoms with Crippen LogP contribution in [0.15, 0.2) is 47.5 Å². The molecule has 0 aliphatic carbocycles. The maximum Gasteiger partial charge on any atom is 0.253 e. The van der Waals surface area contributed by atoms with Crippen LogP contribution in [-0.4, -0.2) is 43.8 Å². The molecule has 5 rings (SSSR count). The monoisotopic (exact) mass is 390 g/mol. The Hall–Kier alpha value is -2.50. The number of amides is 1. The third-order valence-corrected chi connectivity index (χ3v) is 6.83. The van der Waals surface area contributed by atoms with Gasteiger partial charge < -0.3 is 9.64 Å². The van der Waals surface area contributed by atoms with Gasteiger partial charge in [0, 0.05) is 47.5 Å². The summed E-state index contributed by atoms with van der Waals surface area (Å²) in [7, 11) is 1.72. The van der Waals surface area contributed by atoms with Crippen molar-refractivity contribution in [1.29, 1.82) is 0 Å². The lowest BCUT2D eigenvalue weighted by molar-refractivity contribution is 0.0775. The van der Waals surface area contributed by atoms with Crippen molar-refractivity contribution in [3.05, 3.63) is 59.2 Å². The van der Waals surface area contributed by atoms with Gasteiger partial charge in [0.05, 0.1) is 13.2 Å². The molecule has 0 bridgehead atoms. The number of benzene rings is 2. The Morgan fingerprint density at radius 2 is 2.18 bits per heavy atom. The van der Waals surface area contributed by atoms with Crippen molar-refractivity contribution in [2.45, 2.75) is 13.0 Å². The Kier molecular flexibility index (Phi) is 4.49. The van der Waals surface area contributed by atoms with Crippen molar-refractivity contribution in [1.82, 2.24) is 4.90 Å². The fourth-order valence-corrected chi connectivity index (χ4v) is 5.36. The summed E-state index contributed by atoms with van der Waals surface area (Å²) in [6, 6.07) is 14.7. The van der Waals surface area contributed by atoms with E-state index in [0.717, 1.165) is 36.2 Å². The van der Waals surface area contributed by atoms with Gasteiger partial charge in [0.2, 0.25) is 0 Å². The van der Waals surface area contributed by atoms with Crippen molar-refractivity contribution in [2.75, 3.05) is 26.8 Å². The Balaban J connectivity index is 1.53. The van der Waals surface area contributed by atoms with Gasteiger partial charge in [-0.15, -0.1) is 11.3 Å². The molecule has 2 aliphatic rings. The first-order chi connectivity index (χ1) is 13.7. The molecule has 5 heteroatoms. The molecule has 0 saturated carbocycles. The van der Waals surface area contributed by atoms with E-state index in [2.05, 4.69) is 41.4 Å². The fourth-order valence-electron chi connectivity index (χ4n) is 4.25. The molecule has 0 radical (unpaired) electrons. The fraction of sp³-hybridized carbons (Fsp3) is 0.304. The first kappa shape index (κ1) is 17.6. The molecule has 0 spiro atoms. The van der Waals surface area contributed by atoms with Crippen LogP contribution in [0, 0.1) is 5.92 Å². The number of hydrogen-bond acceptors (Lipinski definition) is 4. The average Bonchev–Trinajstić information content (AvgIpc) is 3.45. The molecule has 3 aromatic rings. The zero-order valence-electron chi connectivity index (χ0n) is 15.9. The lowest BCUT2D eigenvalue weighted by Gasteiger charge is -2.18. The Labute approximate surface area is 168 Å². The number of thiophene rings is 1. The summed E-state index contributed by atoms with van der Waals surface area (Å²) in [6.07, 6.45) is 2.91. The molecule has 1 atom stereocenters. The number of nitrogens with zero attached hydrogens (tertiary/aromatic N) is 2. The van der Waals surface area contributed by atoms with Gasteiger partial charge in [-0.05, 0) is 52.8 Å². The minimum Gasteiger partial charge on any atom is -0.384 e. The van der Waals surface area contributed by atoms with Gasteiger partial charge in [-0.1, -0.05) is 18.2 Å². The zero-order chi connectivity index (χ0) is 19.1. The maximum absolute atomic E-state index is 13.2. The molecule has 2 aromatic carbocycles. The second-order valence-corrected chi connectivity index (χ2v) is 8.65. The molecule has 1 fully saturated rings. The summed E-state index contributed by atoms with van der Waals surface area (Å²) < 4.78 is 6.54. The highest BCUT2D eigenvalue weighted by molar-refractivity contribution is 7.22. The standard InChI is InChI=1S/C23H22N2O2S/c1-27-14-15-6-7-25(13-15)23(26)17-8-18-11-24-12-20(18)19(9-17)22-10-16-4-2-3-5-21(16)28-22/h2-5,8-11,15H,6-7,12-14H2,1H3. The maximum atomic E-state index is 13.2. The SMILES string of the molecule is COCC1CCN(C(=O)c2cc3c(c(-c4cc5ccccc5s4)c2)CN=C3)C1. The van der Waals surface area contributed by atoms with Gasteiger partial charge in [0.25, 0.3) is 5.91 Å². The third-order valence-electron chi connectivity index (χ3n) is 5.68. The van der Waals surface area contributed by atoms with E-state index in [1.807, 2.05) is 17.2 Å². The number of carbonyl (C=O) groups is 1. The molecule has 142 valence electrons. The van der Waals surface area contributed by atoms with E-state index in [1.165, 1.54) is 20.5 Å². The van der Waals surface area contributed by atoms with Crippen LogP contribution in [0.4, 0.5) is 0 Å². The van der Waals surface area contributed by atoms with Crippen LogP contribution >= 0.6 is 11.3 Å². The van der Waals surface area contributed by atoms with Gasteiger partial charge in [0.1, 0.15) is 0 Å². The summed E-state index contributed by atoms with van der Waals surface area (Å²) in [5.74, 6) is 0.552. The first-order valence-electron chi connectivity index (χ1n) is 9.67. The number of fused-ring (bicyclic) bond motifs is 2. The van der Waals surface area contributed by atoms with Crippen molar-refractivity contribution >= 4 is 33.5 Å². The largest absolute Gasteiger partial charge is 0.384 e. The van der Waals surface area contributed by atoms with Gasteiger partial charge >= 0.3 is 0 Å². The predicted octanol–water partition coefficient (Wildman–Crippen LogP) is 4.61. The lowest BCUT2D eigenvalue weighted by Crippen LogP contribution is -2.29. The molecule has 1 amide bonds. The van der Waals surface area contributed by atoms with Crippen molar-refractivity contribution < 1.29 is 9.53 Å². The van der Waals surface area contributed by atoms with E-state index >= 15 is 0 Å². The van der Waals surface area contributed by atoms with Gasteiger partial charge in [-0.3, -0.25) is 9.79 Å². The quantitative estimate of drug-likeness (QED) is 0.653. The number of aliphatic imine (C=N–C) groups is 1. The third kappa shape index (κ3) is 3.05. The van der Waals surface area contributed by atoms with Gasteiger partial charge in [0.15, 0.2) is 0 Å². The summed E-state index contributed by atoms with van der Waals surface area (Å²) in [6.45, 7) is 2.98. The highest BCUT2D eigenvalue weighted by Gasteiger charge is 2.28. The van der Waals surface area contributed by atoms with Crippen LogP contribution in [-0.2, 0) is 11.3 Å². The molecule has 28 heavy (non-hydrogen) atoms. The molecule has 3 heterocycles. The molecule has 4 nitrogen and oxygen atoms in total. The van der Waals surface area contributed by atoms with Crippen LogP contribution in [0.5, 0.6) is 0 Å². The predicted molar refractivity (Wildman–Crippen MR) is 114 cm³/mol. The van der Waals surface area contributed by atoms with Gasteiger partial charge in [-0.25, -0.2) is 0 Å². The van der Waals surface area contributed by atoms with Gasteiger partial charge in [-0.2, -0.15) is 0 Å². The first-order valence-corrected chi connectivity index (χ1v) is 10.5. The summed E-state index contributed by atoms with van der Waals surface area (Å²) in [5.41, 5.74) is 4.21. The number of carbonyl (C=O) groups excluding carboxylic acids is 1. The number of methoxy groups -OCH3 is 1. The summed E-state index contributed by atoms with van der Waals surface area (Å²) in [5, 5.41) is 1.24. The number of hydrogen-bond donors (Lipinski definition) is 0. The molecule has 1 saturated heterocycles. The topological polar surface area (TPSA) is 41.9 Å². The van der Waals surface area contributed by atoms with Crippen LogP contribution in [0.25, 0.3) is 20.5 Å². The van der Waals surface area contributed by atoms with Crippen LogP contribution in [0.2, 0.25) is 0 Å². The summed E-state index contributed by atoms with van der Waals surface area (Å²) >= 11 is 1.78. The highest BCUT2D eigenvalue weighted by Crippen LogP contribution is 2.38. The van der Waals surface area contributed by atoms with E-state index in [1.54, 1.807) is 18.4 Å². The minimum absolute atomic E-state index is 0.115. The van der Waals surface area contributed by atoms with Crippen molar-refractivity contribution in [3.63, 3.8) is 0 Å². The molecular formula is C23H22N2O2S. The number of likely N-dealkylation sites (tertiary alicyclic amines) is 1. The van der Waals surface area contributed by atoms with E-state index < -0.39 is 0 Å². The van der Waals surface area contributed by atoms with E-state index in [0.29, 0.717) is 19.1 Å². The average molecular weight is 391 g/mol. The molecule has 1 aromatic heterocycles. The second-order valence-electron chi connectivity index (χ2n) is 7.57. The van der Waals surface area contributed by atoms with Crippen LogP contribution in [0.1, 0.15) is 27.9 Å².